The van der Waals surface area contributed by atoms with Gasteiger partial charge in [0.1, 0.15) is 0 Å². The Labute approximate surface area is 146 Å². The molecule has 0 saturated carbocycles. The van der Waals surface area contributed by atoms with E-state index in [2.05, 4.69) is 15.2 Å². The van der Waals surface area contributed by atoms with Crippen molar-refractivity contribution in [1.82, 2.24) is 15.2 Å². The number of thioether (sulfide) groups is 1. The molecule has 8 heteroatoms. The van der Waals surface area contributed by atoms with Crippen molar-refractivity contribution in [3.05, 3.63) is 40.0 Å². The van der Waals surface area contributed by atoms with Crippen molar-refractivity contribution in [3.63, 3.8) is 0 Å². The molecule has 0 atom stereocenters. The molecule has 3 aromatic heterocycles. The SMILES string of the molecule is CC(=O)c1c(C)[nH]c(C(=O)CSc2nnc(-c3cccs3)o2)c1C. The average molecular weight is 361 g/mol. The van der Waals surface area contributed by atoms with Gasteiger partial charge in [-0.2, -0.15) is 0 Å². The fourth-order valence-corrected chi connectivity index (χ4v) is 3.80. The minimum Gasteiger partial charge on any atom is -0.410 e. The highest BCUT2D eigenvalue weighted by Gasteiger charge is 2.20. The molecule has 0 aliphatic carbocycles. The van der Waals surface area contributed by atoms with Crippen molar-refractivity contribution in [2.75, 3.05) is 5.75 Å². The number of carbonyl (C=O) groups excluding carboxylic acids is 2. The van der Waals surface area contributed by atoms with E-state index in [0.717, 1.165) is 4.88 Å². The molecule has 3 aromatic rings. The molecule has 0 amide bonds. The summed E-state index contributed by atoms with van der Waals surface area (Å²) in [5, 5.41) is 10.2. The van der Waals surface area contributed by atoms with E-state index >= 15 is 0 Å². The minimum absolute atomic E-state index is 0.0505. The van der Waals surface area contributed by atoms with Gasteiger partial charge >= 0.3 is 0 Å². The van der Waals surface area contributed by atoms with Crippen LogP contribution >= 0.6 is 23.1 Å². The van der Waals surface area contributed by atoms with E-state index in [4.69, 9.17) is 4.42 Å². The van der Waals surface area contributed by atoms with Crippen LogP contribution in [0.25, 0.3) is 10.8 Å². The van der Waals surface area contributed by atoms with Gasteiger partial charge in [-0.15, -0.1) is 21.5 Å². The molecule has 24 heavy (non-hydrogen) atoms. The summed E-state index contributed by atoms with van der Waals surface area (Å²) in [5.74, 6) is 0.449. The van der Waals surface area contributed by atoms with Gasteiger partial charge in [0.25, 0.3) is 11.1 Å². The zero-order valence-electron chi connectivity index (χ0n) is 13.4. The van der Waals surface area contributed by atoms with Crippen LogP contribution in [0.2, 0.25) is 0 Å². The van der Waals surface area contributed by atoms with Crippen molar-refractivity contribution < 1.29 is 14.0 Å². The van der Waals surface area contributed by atoms with Crippen molar-refractivity contribution in [2.24, 2.45) is 0 Å². The van der Waals surface area contributed by atoms with Crippen LogP contribution in [-0.4, -0.2) is 32.5 Å². The molecule has 6 nitrogen and oxygen atoms in total. The van der Waals surface area contributed by atoms with Crippen LogP contribution in [0, 0.1) is 13.8 Å². The van der Waals surface area contributed by atoms with Gasteiger partial charge in [0, 0.05) is 11.3 Å². The average Bonchev–Trinajstić information content (AvgIpc) is 3.24. The molecule has 0 spiro atoms. The van der Waals surface area contributed by atoms with Crippen LogP contribution in [0.4, 0.5) is 0 Å². The Hall–Kier alpha value is -2.19. The maximum Gasteiger partial charge on any atom is 0.277 e. The van der Waals surface area contributed by atoms with Gasteiger partial charge in [-0.3, -0.25) is 9.59 Å². The Morgan fingerprint density at radius 2 is 2.12 bits per heavy atom. The fraction of sp³-hybridized carbons (Fsp3) is 0.250. The number of nitrogens with zero attached hydrogens (tertiary/aromatic N) is 2. The summed E-state index contributed by atoms with van der Waals surface area (Å²) >= 11 is 2.69. The number of hydrogen-bond donors (Lipinski definition) is 1. The lowest BCUT2D eigenvalue weighted by Gasteiger charge is -1.99. The summed E-state index contributed by atoms with van der Waals surface area (Å²) in [6.45, 7) is 5.06. The number of hydrogen-bond acceptors (Lipinski definition) is 7. The summed E-state index contributed by atoms with van der Waals surface area (Å²) in [6.07, 6.45) is 0. The molecule has 0 aromatic carbocycles. The van der Waals surface area contributed by atoms with Crippen LogP contribution in [0.15, 0.2) is 27.2 Å². The topological polar surface area (TPSA) is 88.9 Å². The molecule has 3 heterocycles. The number of H-pyrrole nitrogens is 1. The number of aromatic amines is 1. The molecule has 0 radical (unpaired) electrons. The number of Topliss-reactive ketones (excluding diaryl/α,β-unsaturated/α-hetero) is 2. The van der Waals surface area contributed by atoms with Crippen molar-refractivity contribution in [2.45, 2.75) is 26.0 Å². The Morgan fingerprint density at radius 3 is 2.75 bits per heavy atom. The van der Waals surface area contributed by atoms with Gasteiger partial charge in [-0.05, 0) is 37.8 Å². The second-order valence-electron chi connectivity index (χ2n) is 5.24. The molecule has 0 aliphatic rings. The minimum atomic E-state index is -0.107. The zero-order valence-corrected chi connectivity index (χ0v) is 15.0. The van der Waals surface area contributed by atoms with Gasteiger partial charge in [0.2, 0.25) is 0 Å². The molecule has 0 bridgehead atoms. The van der Waals surface area contributed by atoms with E-state index in [1.54, 1.807) is 13.8 Å². The summed E-state index contributed by atoms with van der Waals surface area (Å²) in [7, 11) is 0. The number of carbonyl (C=O) groups is 2. The second-order valence-corrected chi connectivity index (χ2v) is 7.12. The predicted molar refractivity (Wildman–Crippen MR) is 92.9 cm³/mol. The molecular weight excluding hydrogens is 346 g/mol. The zero-order chi connectivity index (χ0) is 17.3. The van der Waals surface area contributed by atoms with E-state index in [1.807, 2.05) is 17.5 Å². The summed E-state index contributed by atoms with van der Waals surface area (Å²) in [5.41, 5.74) is 2.45. The van der Waals surface area contributed by atoms with Crippen LogP contribution in [-0.2, 0) is 0 Å². The number of aryl methyl sites for hydroxylation is 1. The molecule has 3 rings (SSSR count). The number of aromatic nitrogens is 3. The second kappa shape index (κ2) is 6.74. The standard InChI is InChI=1S/C16H15N3O3S2/c1-8-13(10(3)20)9(2)17-14(8)11(21)7-24-16-19-18-15(22-16)12-5-4-6-23-12/h4-6,17H,7H2,1-3H3. The van der Waals surface area contributed by atoms with Crippen molar-refractivity contribution in [1.29, 1.82) is 0 Å². The van der Waals surface area contributed by atoms with Gasteiger partial charge in [-0.25, -0.2) is 0 Å². The molecule has 1 N–H and O–H groups in total. The third-order valence-corrected chi connectivity index (χ3v) is 5.21. The predicted octanol–water partition coefficient (Wildman–Crippen LogP) is 3.92. The van der Waals surface area contributed by atoms with Crippen molar-refractivity contribution >= 4 is 34.7 Å². The van der Waals surface area contributed by atoms with E-state index in [9.17, 15) is 9.59 Å². The quantitative estimate of drug-likeness (QED) is 0.529. The van der Waals surface area contributed by atoms with E-state index in [0.29, 0.717) is 33.6 Å². The first-order chi connectivity index (χ1) is 11.5. The molecule has 124 valence electrons. The molecular formula is C16H15N3O3S2. The van der Waals surface area contributed by atoms with Gasteiger partial charge in [0.05, 0.1) is 16.3 Å². The third-order valence-electron chi connectivity index (χ3n) is 3.53. The number of nitrogens with one attached hydrogen (secondary N) is 1. The van der Waals surface area contributed by atoms with Crippen LogP contribution < -0.4 is 0 Å². The Morgan fingerprint density at radius 1 is 1.33 bits per heavy atom. The number of ketones is 2. The van der Waals surface area contributed by atoms with Gasteiger partial charge < -0.3 is 9.40 Å². The first-order valence-electron chi connectivity index (χ1n) is 7.21. The fourth-order valence-electron chi connectivity index (χ4n) is 2.52. The number of rotatable bonds is 6. The highest BCUT2D eigenvalue weighted by atomic mass is 32.2. The van der Waals surface area contributed by atoms with Crippen molar-refractivity contribution in [3.8, 4) is 10.8 Å². The highest BCUT2D eigenvalue weighted by Crippen LogP contribution is 2.27. The first-order valence-corrected chi connectivity index (χ1v) is 9.07. The third kappa shape index (κ3) is 3.20. The van der Waals surface area contributed by atoms with Gasteiger partial charge in [0.15, 0.2) is 11.6 Å². The largest absolute Gasteiger partial charge is 0.410 e. The van der Waals surface area contributed by atoms with E-state index in [1.165, 1.54) is 30.0 Å². The summed E-state index contributed by atoms with van der Waals surface area (Å²) in [6, 6.07) is 3.80. The van der Waals surface area contributed by atoms with Crippen LogP contribution in [0.5, 0.6) is 0 Å². The Balaban J connectivity index is 1.70. The molecule has 0 fully saturated rings. The van der Waals surface area contributed by atoms with Gasteiger partial charge in [-0.1, -0.05) is 17.8 Å². The molecule has 0 unspecified atom stereocenters. The maximum absolute atomic E-state index is 12.4. The van der Waals surface area contributed by atoms with E-state index in [-0.39, 0.29) is 17.3 Å². The number of thiophene rings is 1. The molecule has 0 aliphatic heterocycles. The smallest absolute Gasteiger partial charge is 0.277 e. The maximum atomic E-state index is 12.4. The lowest BCUT2D eigenvalue weighted by molar-refractivity contribution is 0.101. The lowest BCUT2D eigenvalue weighted by atomic mass is 10.1. The molecule has 0 saturated heterocycles. The first kappa shape index (κ1) is 16.7. The normalized spacial score (nSPS) is 11.0. The van der Waals surface area contributed by atoms with Crippen LogP contribution in [0.1, 0.15) is 39.0 Å². The Kier molecular flexibility index (Phi) is 4.68. The van der Waals surface area contributed by atoms with E-state index < -0.39 is 0 Å². The summed E-state index contributed by atoms with van der Waals surface area (Å²) in [4.78, 5) is 28.0. The summed E-state index contributed by atoms with van der Waals surface area (Å²) < 4.78 is 5.55. The van der Waals surface area contributed by atoms with Crippen LogP contribution in [0.3, 0.4) is 0 Å². The highest BCUT2D eigenvalue weighted by molar-refractivity contribution is 7.99. The Bertz CT molecular complexity index is 894. The monoisotopic (exact) mass is 361 g/mol. The lowest BCUT2D eigenvalue weighted by Crippen LogP contribution is -2.05.